The largest absolute Gasteiger partial charge is 0.393 e. The highest BCUT2D eigenvalue weighted by Crippen LogP contribution is 2.14. The SMILES string of the molecule is CSOCC(=O)c1cc(CC(C)O)ccc1C. The molecule has 0 heterocycles. The van der Waals surface area contributed by atoms with Gasteiger partial charge in [-0.25, -0.2) is 0 Å². The van der Waals surface area contributed by atoms with Crippen LogP contribution in [-0.4, -0.2) is 29.9 Å². The molecular formula is C13H18O3S. The Morgan fingerprint density at radius 1 is 1.53 bits per heavy atom. The Bertz CT molecular complexity index is 388. The maximum atomic E-state index is 11.9. The first kappa shape index (κ1) is 14.2. The summed E-state index contributed by atoms with van der Waals surface area (Å²) >= 11 is 1.18. The van der Waals surface area contributed by atoms with Gasteiger partial charge in [0, 0.05) is 11.8 Å². The number of hydrogen-bond donors (Lipinski definition) is 1. The average Bonchev–Trinajstić information content (AvgIpc) is 2.28. The standard InChI is InChI=1S/C13H18O3S/c1-9-4-5-11(6-10(2)14)7-12(9)13(15)8-16-17-3/h4-5,7,10,14H,6,8H2,1-3H3. The quantitative estimate of drug-likeness (QED) is 0.625. The van der Waals surface area contributed by atoms with Crippen molar-refractivity contribution in [1.29, 1.82) is 0 Å². The van der Waals surface area contributed by atoms with Crippen molar-refractivity contribution in [1.82, 2.24) is 0 Å². The van der Waals surface area contributed by atoms with E-state index in [1.165, 1.54) is 12.0 Å². The van der Waals surface area contributed by atoms with E-state index in [-0.39, 0.29) is 12.4 Å². The molecule has 0 aliphatic carbocycles. The summed E-state index contributed by atoms with van der Waals surface area (Å²) in [5, 5.41) is 9.33. The second kappa shape index (κ2) is 6.79. The number of carbonyl (C=O) groups is 1. The number of ketones is 1. The van der Waals surface area contributed by atoms with Crippen molar-refractivity contribution in [3.05, 3.63) is 34.9 Å². The Labute approximate surface area is 106 Å². The lowest BCUT2D eigenvalue weighted by atomic mass is 9.99. The maximum absolute atomic E-state index is 11.9. The lowest BCUT2D eigenvalue weighted by Gasteiger charge is -2.09. The summed E-state index contributed by atoms with van der Waals surface area (Å²) in [7, 11) is 0. The molecule has 0 aromatic heterocycles. The van der Waals surface area contributed by atoms with Gasteiger partial charge in [-0.05, 0) is 49.5 Å². The second-order valence-electron chi connectivity index (χ2n) is 4.05. The Hall–Kier alpha value is -0.840. The molecule has 3 nitrogen and oxygen atoms in total. The molecule has 4 heteroatoms. The van der Waals surface area contributed by atoms with Crippen LogP contribution in [0.5, 0.6) is 0 Å². The molecule has 1 aromatic carbocycles. The molecule has 0 bridgehead atoms. The minimum Gasteiger partial charge on any atom is -0.393 e. The average molecular weight is 254 g/mol. The molecule has 0 spiro atoms. The molecule has 0 aliphatic heterocycles. The van der Waals surface area contributed by atoms with E-state index >= 15 is 0 Å². The van der Waals surface area contributed by atoms with Gasteiger partial charge in [-0.15, -0.1) is 0 Å². The predicted octanol–water partition coefficient (Wildman–Crippen LogP) is 2.40. The van der Waals surface area contributed by atoms with Crippen molar-refractivity contribution in [2.45, 2.75) is 26.4 Å². The van der Waals surface area contributed by atoms with Gasteiger partial charge in [-0.1, -0.05) is 12.1 Å². The van der Waals surface area contributed by atoms with Gasteiger partial charge in [0.15, 0.2) is 5.78 Å². The van der Waals surface area contributed by atoms with Crippen LogP contribution >= 0.6 is 12.0 Å². The van der Waals surface area contributed by atoms with E-state index in [2.05, 4.69) is 0 Å². The van der Waals surface area contributed by atoms with Gasteiger partial charge in [-0.2, -0.15) is 0 Å². The summed E-state index contributed by atoms with van der Waals surface area (Å²) in [5.74, 6) is -0.0238. The number of hydrogen-bond acceptors (Lipinski definition) is 4. The number of carbonyl (C=O) groups excluding carboxylic acids is 1. The lowest BCUT2D eigenvalue weighted by molar-refractivity contribution is 0.0934. The van der Waals surface area contributed by atoms with E-state index in [4.69, 9.17) is 4.18 Å². The van der Waals surface area contributed by atoms with Crippen LogP contribution in [0.15, 0.2) is 18.2 Å². The third-order valence-electron chi connectivity index (χ3n) is 2.44. The Morgan fingerprint density at radius 2 is 2.24 bits per heavy atom. The molecule has 1 rings (SSSR count). The van der Waals surface area contributed by atoms with Gasteiger partial charge in [-0.3, -0.25) is 4.79 Å². The molecule has 1 atom stereocenters. The van der Waals surface area contributed by atoms with Crippen molar-refractivity contribution in [3.8, 4) is 0 Å². The van der Waals surface area contributed by atoms with Gasteiger partial charge >= 0.3 is 0 Å². The number of aryl methyl sites for hydroxylation is 1. The predicted molar refractivity (Wildman–Crippen MR) is 70.4 cm³/mol. The Morgan fingerprint density at radius 3 is 2.82 bits per heavy atom. The zero-order chi connectivity index (χ0) is 12.8. The van der Waals surface area contributed by atoms with E-state index in [1.54, 1.807) is 13.2 Å². The molecule has 0 fully saturated rings. The summed E-state index contributed by atoms with van der Waals surface area (Å²) < 4.78 is 5.04. The van der Waals surface area contributed by atoms with E-state index in [0.717, 1.165) is 11.1 Å². The van der Waals surface area contributed by atoms with Crippen molar-refractivity contribution < 1.29 is 14.1 Å². The van der Waals surface area contributed by atoms with Crippen molar-refractivity contribution >= 4 is 17.8 Å². The number of aliphatic hydroxyl groups excluding tert-OH is 1. The highest BCUT2D eigenvalue weighted by atomic mass is 32.2. The Kier molecular flexibility index (Phi) is 5.68. The molecular weight excluding hydrogens is 236 g/mol. The van der Waals surface area contributed by atoms with E-state index < -0.39 is 6.10 Å². The summed E-state index contributed by atoms with van der Waals surface area (Å²) in [5.41, 5.74) is 2.59. The minimum atomic E-state index is -0.400. The van der Waals surface area contributed by atoms with Crippen LogP contribution in [0.1, 0.15) is 28.4 Å². The molecule has 94 valence electrons. The number of aliphatic hydroxyl groups is 1. The van der Waals surface area contributed by atoms with Crippen molar-refractivity contribution in [2.24, 2.45) is 0 Å². The van der Waals surface area contributed by atoms with Crippen LogP contribution in [0.4, 0.5) is 0 Å². The molecule has 0 amide bonds. The number of benzene rings is 1. The third kappa shape index (κ3) is 4.50. The first-order valence-corrected chi connectivity index (χ1v) is 6.66. The molecule has 1 unspecified atom stereocenters. The van der Waals surface area contributed by atoms with Crippen molar-refractivity contribution in [2.75, 3.05) is 12.9 Å². The van der Waals surface area contributed by atoms with Crippen LogP contribution in [0.2, 0.25) is 0 Å². The fourth-order valence-electron chi connectivity index (χ4n) is 1.63. The van der Waals surface area contributed by atoms with E-state index in [0.29, 0.717) is 12.0 Å². The molecule has 1 aromatic rings. The molecule has 0 saturated heterocycles. The summed E-state index contributed by atoms with van der Waals surface area (Å²) in [6.45, 7) is 3.72. The highest BCUT2D eigenvalue weighted by molar-refractivity contribution is 7.93. The number of rotatable bonds is 6. The fraction of sp³-hybridized carbons (Fsp3) is 0.462. The Balaban J connectivity index is 2.86. The monoisotopic (exact) mass is 254 g/mol. The number of Topliss-reactive ketones (excluding diaryl/α,β-unsaturated/α-hetero) is 1. The van der Waals surface area contributed by atoms with Crippen LogP contribution in [0.3, 0.4) is 0 Å². The summed E-state index contributed by atoms with van der Waals surface area (Å²) in [6, 6.07) is 5.69. The molecule has 0 radical (unpaired) electrons. The second-order valence-corrected chi connectivity index (χ2v) is 4.62. The third-order valence-corrected chi connectivity index (χ3v) is 2.79. The molecule has 1 N–H and O–H groups in total. The maximum Gasteiger partial charge on any atom is 0.190 e. The minimum absolute atomic E-state index is 0.0238. The summed E-state index contributed by atoms with van der Waals surface area (Å²) in [6.07, 6.45) is 1.94. The molecule has 0 aliphatic rings. The topological polar surface area (TPSA) is 46.5 Å². The van der Waals surface area contributed by atoms with Gasteiger partial charge in [0.05, 0.1) is 6.10 Å². The van der Waals surface area contributed by atoms with Gasteiger partial charge in [0.25, 0.3) is 0 Å². The zero-order valence-corrected chi connectivity index (χ0v) is 11.2. The fourth-order valence-corrected chi connectivity index (χ4v) is 1.85. The van der Waals surface area contributed by atoms with Crippen molar-refractivity contribution in [3.63, 3.8) is 0 Å². The van der Waals surface area contributed by atoms with E-state index in [1.807, 2.05) is 25.1 Å². The lowest BCUT2D eigenvalue weighted by Crippen LogP contribution is -2.10. The first-order valence-electron chi connectivity index (χ1n) is 5.51. The van der Waals surface area contributed by atoms with E-state index in [9.17, 15) is 9.90 Å². The van der Waals surface area contributed by atoms with Crippen LogP contribution in [0, 0.1) is 6.92 Å². The zero-order valence-electron chi connectivity index (χ0n) is 10.4. The van der Waals surface area contributed by atoms with Gasteiger partial charge in [0.1, 0.15) is 6.61 Å². The normalized spacial score (nSPS) is 12.5. The van der Waals surface area contributed by atoms with Gasteiger partial charge < -0.3 is 9.29 Å². The first-order chi connectivity index (χ1) is 8.04. The summed E-state index contributed by atoms with van der Waals surface area (Å²) in [4.78, 5) is 11.9. The molecule has 17 heavy (non-hydrogen) atoms. The van der Waals surface area contributed by atoms with Crippen LogP contribution < -0.4 is 0 Å². The smallest absolute Gasteiger partial charge is 0.190 e. The van der Waals surface area contributed by atoms with Gasteiger partial charge in [0.2, 0.25) is 0 Å². The van der Waals surface area contributed by atoms with Crippen LogP contribution in [0.25, 0.3) is 0 Å². The molecule has 0 saturated carbocycles. The highest BCUT2D eigenvalue weighted by Gasteiger charge is 2.11. The van der Waals surface area contributed by atoms with Crippen LogP contribution in [-0.2, 0) is 10.6 Å².